The molecule has 102 valence electrons. The van der Waals surface area contributed by atoms with Crippen LogP contribution < -0.4 is 0 Å². The highest BCUT2D eigenvalue weighted by molar-refractivity contribution is 7.91. The van der Waals surface area contributed by atoms with Gasteiger partial charge in [-0.3, -0.25) is 0 Å². The maximum absolute atomic E-state index is 12.3. The van der Waals surface area contributed by atoms with Gasteiger partial charge in [-0.25, -0.2) is 8.42 Å². The molecule has 0 aliphatic rings. The van der Waals surface area contributed by atoms with E-state index >= 15 is 0 Å². The Morgan fingerprint density at radius 2 is 1.84 bits per heavy atom. The molecule has 1 heterocycles. The summed E-state index contributed by atoms with van der Waals surface area (Å²) in [6.07, 6.45) is 0. The predicted molar refractivity (Wildman–Crippen MR) is 75.3 cm³/mol. The highest BCUT2D eigenvalue weighted by Gasteiger charge is 2.22. The Bertz CT molecular complexity index is 635. The summed E-state index contributed by atoms with van der Waals surface area (Å²) in [7, 11) is -1.93. The van der Waals surface area contributed by atoms with Crippen molar-refractivity contribution in [1.82, 2.24) is 4.31 Å². The first kappa shape index (κ1) is 14.2. The number of sulfonamides is 1. The second-order valence-electron chi connectivity index (χ2n) is 4.13. The molecule has 1 aromatic heterocycles. The zero-order valence-electron chi connectivity index (χ0n) is 10.5. The van der Waals surface area contributed by atoms with Crippen molar-refractivity contribution in [3.05, 3.63) is 52.9 Å². The quantitative estimate of drug-likeness (QED) is 0.919. The van der Waals surface area contributed by atoms with E-state index < -0.39 is 10.0 Å². The average molecular weight is 297 g/mol. The molecule has 6 heteroatoms. The maximum atomic E-state index is 12.3. The third kappa shape index (κ3) is 3.22. The van der Waals surface area contributed by atoms with E-state index in [1.54, 1.807) is 13.1 Å². The molecule has 2 aromatic rings. The van der Waals surface area contributed by atoms with Crippen LogP contribution in [0.5, 0.6) is 0 Å². The van der Waals surface area contributed by atoms with Gasteiger partial charge in [-0.1, -0.05) is 30.3 Å². The number of aliphatic hydroxyl groups is 1. The molecule has 0 radical (unpaired) electrons. The highest BCUT2D eigenvalue weighted by Crippen LogP contribution is 2.25. The SMILES string of the molecule is CN(Cc1ccccc1)S(=O)(=O)c1ccc(CO)s1. The number of nitrogens with zero attached hydrogens (tertiary/aromatic N) is 1. The Labute approximate surface area is 117 Å². The average Bonchev–Trinajstić information content (AvgIpc) is 2.89. The molecule has 0 saturated heterocycles. The van der Waals surface area contributed by atoms with Gasteiger partial charge in [-0.05, 0) is 17.7 Å². The molecule has 1 aromatic carbocycles. The summed E-state index contributed by atoms with van der Waals surface area (Å²) < 4.78 is 26.2. The van der Waals surface area contributed by atoms with E-state index in [2.05, 4.69) is 0 Å². The van der Waals surface area contributed by atoms with E-state index in [0.717, 1.165) is 16.9 Å². The Morgan fingerprint density at radius 1 is 1.16 bits per heavy atom. The van der Waals surface area contributed by atoms with E-state index in [1.807, 2.05) is 30.3 Å². The van der Waals surface area contributed by atoms with Gasteiger partial charge in [0.2, 0.25) is 0 Å². The number of hydrogen-bond acceptors (Lipinski definition) is 4. The van der Waals surface area contributed by atoms with Crippen molar-refractivity contribution in [2.24, 2.45) is 0 Å². The first-order valence-corrected chi connectivity index (χ1v) is 7.99. The molecule has 0 unspecified atom stereocenters. The van der Waals surface area contributed by atoms with Crippen molar-refractivity contribution in [1.29, 1.82) is 0 Å². The van der Waals surface area contributed by atoms with Crippen LogP contribution in [-0.2, 0) is 23.2 Å². The zero-order chi connectivity index (χ0) is 13.9. The molecule has 0 amide bonds. The van der Waals surface area contributed by atoms with E-state index in [0.29, 0.717) is 11.4 Å². The van der Waals surface area contributed by atoms with Crippen LogP contribution in [0.15, 0.2) is 46.7 Å². The minimum Gasteiger partial charge on any atom is -0.391 e. The number of rotatable bonds is 5. The van der Waals surface area contributed by atoms with E-state index in [1.165, 1.54) is 10.4 Å². The maximum Gasteiger partial charge on any atom is 0.252 e. The Kier molecular flexibility index (Phi) is 4.36. The molecule has 0 aliphatic carbocycles. The van der Waals surface area contributed by atoms with Crippen molar-refractivity contribution in [3.8, 4) is 0 Å². The molecule has 0 fully saturated rings. The van der Waals surface area contributed by atoms with Crippen LogP contribution in [0.3, 0.4) is 0 Å². The minimum atomic E-state index is -3.49. The molecule has 0 atom stereocenters. The van der Waals surface area contributed by atoms with Gasteiger partial charge in [-0.2, -0.15) is 4.31 Å². The standard InChI is InChI=1S/C13H15NO3S2/c1-14(9-11-5-3-2-4-6-11)19(16,17)13-8-7-12(10-15)18-13/h2-8,15H,9-10H2,1H3. The summed E-state index contributed by atoms with van der Waals surface area (Å²) >= 11 is 1.10. The lowest BCUT2D eigenvalue weighted by Crippen LogP contribution is -2.25. The number of benzene rings is 1. The van der Waals surface area contributed by atoms with Gasteiger partial charge in [0, 0.05) is 18.5 Å². The van der Waals surface area contributed by atoms with Crippen molar-refractivity contribution < 1.29 is 13.5 Å². The lowest BCUT2D eigenvalue weighted by molar-refractivity contribution is 0.285. The van der Waals surface area contributed by atoms with Crippen molar-refractivity contribution in [3.63, 3.8) is 0 Å². The number of aliphatic hydroxyl groups excluding tert-OH is 1. The summed E-state index contributed by atoms with van der Waals surface area (Å²) in [6.45, 7) is 0.193. The van der Waals surface area contributed by atoms with E-state index in [4.69, 9.17) is 5.11 Å². The van der Waals surface area contributed by atoms with Crippen LogP contribution in [0.2, 0.25) is 0 Å². The lowest BCUT2D eigenvalue weighted by Gasteiger charge is -2.15. The van der Waals surface area contributed by atoms with Crippen LogP contribution in [0.25, 0.3) is 0 Å². The van der Waals surface area contributed by atoms with Crippen molar-refractivity contribution in [2.45, 2.75) is 17.4 Å². The first-order chi connectivity index (χ1) is 9.04. The Hall–Kier alpha value is -1.21. The van der Waals surface area contributed by atoms with Gasteiger partial charge in [0.25, 0.3) is 10.0 Å². The van der Waals surface area contributed by atoms with Gasteiger partial charge >= 0.3 is 0 Å². The summed E-state index contributed by atoms with van der Waals surface area (Å²) in [5.74, 6) is 0. The monoisotopic (exact) mass is 297 g/mol. The summed E-state index contributed by atoms with van der Waals surface area (Å²) in [5.41, 5.74) is 0.938. The molecule has 4 nitrogen and oxygen atoms in total. The van der Waals surface area contributed by atoms with Gasteiger partial charge in [0.05, 0.1) is 6.61 Å². The van der Waals surface area contributed by atoms with Crippen molar-refractivity contribution in [2.75, 3.05) is 7.05 Å². The van der Waals surface area contributed by atoms with Crippen molar-refractivity contribution >= 4 is 21.4 Å². The van der Waals surface area contributed by atoms with Crippen LogP contribution in [0.1, 0.15) is 10.4 Å². The molecular weight excluding hydrogens is 282 g/mol. The predicted octanol–water partition coefficient (Wildman–Crippen LogP) is 2.06. The largest absolute Gasteiger partial charge is 0.391 e. The van der Waals surface area contributed by atoms with Gasteiger partial charge in [0.15, 0.2) is 0 Å². The van der Waals surface area contributed by atoms with E-state index in [9.17, 15) is 8.42 Å². The molecule has 19 heavy (non-hydrogen) atoms. The minimum absolute atomic E-state index is 0.136. The molecule has 0 bridgehead atoms. The second-order valence-corrected chi connectivity index (χ2v) is 7.57. The molecular formula is C13H15NO3S2. The fourth-order valence-corrected chi connectivity index (χ4v) is 4.25. The van der Waals surface area contributed by atoms with Gasteiger partial charge in [0.1, 0.15) is 4.21 Å². The highest BCUT2D eigenvalue weighted by atomic mass is 32.2. The zero-order valence-corrected chi connectivity index (χ0v) is 12.1. The fraction of sp³-hybridized carbons (Fsp3) is 0.231. The van der Waals surface area contributed by atoms with Crippen LogP contribution in [0.4, 0.5) is 0 Å². The summed E-state index contributed by atoms with van der Waals surface area (Å²) in [5, 5.41) is 8.99. The normalized spacial score (nSPS) is 11.9. The molecule has 0 spiro atoms. The Balaban J connectivity index is 2.19. The molecule has 1 N–H and O–H groups in total. The number of hydrogen-bond donors (Lipinski definition) is 1. The van der Waals surface area contributed by atoms with Crippen LogP contribution >= 0.6 is 11.3 Å². The summed E-state index contributed by atoms with van der Waals surface area (Å²) in [6, 6.07) is 12.6. The van der Waals surface area contributed by atoms with Crippen LogP contribution in [-0.4, -0.2) is 24.9 Å². The topological polar surface area (TPSA) is 57.6 Å². The lowest BCUT2D eigenvalue weighted by atomic mass is 10.2. The van der Waals surface area contributed by atoms with E-state index in [-0.39, 0.29) is 10.8 Å². The van der Waals surface area contributed by atoms with Gasteiger partial charge < -0.3 is 5.11 Å². The Morgan fingerprint density at radius 3 is 2.42 bits per heavy atom. The molecule has 2 rings (SSSR count). The van der Waals surface area contributed by atoms with Gasteiger partial charge in [-0.15, -0.1) is 11.3 Å². The smallest absolute Gasteiger partial charge is 0.252 e. The van der Waals surface area contributed by atoms with Crippen LogP contribution in [0, 0.1) is 0 Å². The number of thiophene rings is 1. The molecule has 0 saturated carbocycles. The second kappa shape index (κ2) is 5.83. The molecule has 0 aliphatic heterocycles. The fourth-order valence-electron chi connectivity index (χ4n) is 1.66. The third-order valence-electron chi connectivity index (χ3n) is 2.71. The summed E-state index contributed by atoms with van der Waals surface area (Å²) in [4.78, 5) is 0.645. The first-order valence-electron chi connectivity index (χ1n) is 5.74. The third-order valence-corrected chi connectivity index (χ3v) is 6.05.